The van der Waals surface area contributed by atoms with Gasteiger partial charge in [-0.3, -0.25) is 0 Å². The van der Waals surface area contributed by atoms with Gasteiger partial charge >= 0.3 is 0 Å². The lowest BCUT2D eigenvalue weighted by Gasteiger charge is -2.33. The monoisotopic (exact) mass is 189 g/mol. The Morgan fingerprint density at radius 3 is 2.29 bits per heavy atom. The molecule has 14 heavy (non-hydrogen) atoms. The number of rotatable bonds is 2. The van der Waals surface area contributed by atoms with Gasteiger partial charge in [0.05, 0.1) is 0 Å². The first-order valence-corrected chi connectivity index (χ1v) is 5.32. The Labute approximate surface area is 86.3 Å². The van der Waals surface area contributed by atoms with Crippen LogP contribution in [0.2, 0.25) is 0 Å². The maximum atomic E-state index is 6.33. The quantitative estimate of drug-likeness (QED) is 0.760. The molecule has 1 fully saturated rings. The van der Waals surface area contributed by atoms with Gasteiger partial charge < -0.3 is 5.73 Å². The van der Waals surface area contributed by atoms with Crippen molar-refractivity contribution in [2.24, 2.45) is 5.73 Å². The number of hydrogen-bond donors (Lipinski definition) is 1. The second kappa shape index (κ2) is 2.83. The fraction of sp³-hybridized carbons (Fsp3) is 0.538. The van der Waals surface area contributed by atoms with Crippen LogP contribution in [0.15, 0.2) is 24.3 Å². The van der Waals surface area contributed by atoms with Crippen molar-refractivity contribution in [3.63, 3.8) is 0 Å². The smallest absolute Gasteiger partial charge is 0.0248 e. The van der Waals surface area contributed by atoms with E-state index in [-0.39, 0.29) is 11.0 Å². The molecule has 1 aliphatic rings. The molecule has 1 nitrogen and oxygen atoms in total. The fourth-order valence-electron chi connectivity index (χ4n) is 2.30. The topological polar surface area (TPSA) is 26.0 Å². The number of nitrogens with two attached hydrogens (primary N) is 1. The Morgan fingerprint density at radius 2 is 1.79 bits per heavy atom. The van der Waals surface area contributed by atoms with Crippen molar-refractivity contribution in [3.8, 4) is 0 Å². The molecule has 1 heteroatoms. The van der Waals surface area contributed by atoms with Crippen LogP contribution in [0.5, 0.6) is 0 Å². The first-order chi connectivity index (χ1) is 6.47. The summed E-state index contributed by atoms with van der Waals surface area (Å²) in [5, 5.41) is 0. The van der Waals surface area contributed by atoms with Crippen LogP contribution < -0.4 is 5.73 Å². The summed E-state index contributed by atoms with van der Waals surface area (Å²) >= 11 is 0. The van der Waals surface area contributed by atoms with Gasteiger partial charge in [0.25, 0.3) is 0 Å². The molecule has 0 radical (unpaired) electrons. The molecule has 0 amide bonds. The Morgan fingerprint density at radius 1 is 1.21 bits per heavy atom. The highest BCUT2D eigenvalue weighted by Crippen LogP contribution is 2.49. The molecular formula is C13H19N. The molecule has 0 heterocycles. The first kappa shape index (κ1) is 9.72. The molecular weight excluding hydrogens is 170 g/mol. The summed E-state index contributed by atoms with van der Waals surface area (Å²) in [5.74, 6) is 0. The van der Waals surface area contributed by atoms with Crippen molar-refractivity contribution in [1.82, 2.24) is 0 Å². The molecule has 2 N–H and O–H groups in total. The zero-order valence-corrected chi connectivity index (χ0v) is 9.30. The normalized spacial score (nSPS) is 19.4. The summed E-state index contributed by atoms with van der Waals surface area (Å²) in [5.41, 5.74) is 9.23. The van der Waals surface area contributed by atoms with Gasteiger partial charge in [-0.25, -0.2) is 0 Å². The summed E-state index contributed by atoms with van der Waals surface area (Å²) in [6.45, 7) is 6.70. The lowest BCUT2D eigenvalue weighted by Crippen LogP contribution is -2.43. The van der Waals surface area contributed by atoms with E-state index in [1.807, 2.05) is 0 Å². The summed E-state index contributed by atoms with van der Waals surface area (Å²) in [7, 11) is 0. The maximum Gasteiger partial charge on any atom is 0.0248 e. The molecule has 76 valence electrons. The molecule has 0 aromatic heterocycles. The van der Waals surface area contributed by atoms with Crippen LogP contribution in [0.25, 0.3) is 0 Å². The van der Waals surface area contributed by atoms with E-state index in [9.17, 15) is 0 Å². The van der Waals surface area contributed by atoms with Gasteiger partial charge in [0.1, 0.15) is 0 Å². The second-order valence-electron chi connectivity index (χ2n) is 5.10. The number of hydrogen-bond acceptors (Lipinski definition) is 1. The van der Waals surface area contributed by atoms with Crippen molar-refractivity contribution in [3.05, 3.63) is 35.4 Å². The number of aryl methyl sites for hydroxylation is 1. The molecule has 0 aliphatic heterocycles. The van der Waals surface area contributed by atoms with E-state index in [1.54, 1.807) is 0 Å². The van der Waals surface area contributed by atoms with Gasteiger partial charge in [0, 0.05) is 11.0 Å². The van der Waals surface area contributed by atoms with Crippen LogP contribution in [0.4, 0.5) is 0 Å². The zero-order chi connectivity index (χ0) is 10.4. The van der Waals surface area contributed by atoms with E-state index in [2.05, 4.69) is 45.0 Å². The van der Waals surface area contributed by atoms with E-state index in [0.717, 1.165) is 12.8 Å². The summed E-state index contributed by atoms with van der Waals surface area (Å²) in [6, 6.07) is 8.58. The van der Waals surface area contributed by atoms with E-state index >= 15 is 0 Å². The van der Waals surface area contributed by atoms with Crippen molar-refractivity contribution in [2.45, 2.75) is 44.6 Å². The van der Waals surface area contributed by atoms with Gasteiger partial charge in [-0.2, -0.15) is 0 Å². The first-order valence-electron chi connectivity index (χ1n) is 5.32. The predicted molar refractivity (Wildman–Crippen MR) is 60.4 cm³/mol. The number of benzene rings is 1. The largest absolute Gasteiger partial charge is 0.324 e. The minimum atomic E-state index is 0.0408. The summed E-state index contributed by atoms with van der Waals surface area (Å²) in [4.78, 5) is 0. The van der Waals surface area contributed by atoms with E-state index in [1.165, 1.54) is 11.1 Å². The highest BCUT2D eigenvalue weighted by molar-refractivity contribution is 5.38. The average molecular weight is 189 g/mol. The Balaban J connectivity index is 2.44. The van der Waals surface area contributed by atoms with Crippen molar-refractivity contribution >= 4 is 0 Å². The summed E-state index contributed by atoms with van der Waals surface area (Å²) in [6.07, 6.45) is 2.32. The minimum absolute atomic E-state index is 0.0408. The molecule has 1 aliphatic carbocycles. The minimum Gasteiger partial charge on any atom is -0.324 e. The van der Waals surface area contributed by atoms with Crippen LogP contribution >= 0.6 is 0 Å². The highest BCUT2D eigenvalue weighted by Gasteiger charge is 2.52. The molecule has 1 aromatic carbocycles. The lowest BCUT2D eigenvalue weighted by atomic mass is 9.74. The van der Waals surface area contributed by atoms with E-state index in [4.69, 9.17) is 5.73 Å². The highest BCUT2D eigenvalue weighted by atomic mass is 14.9. The lowest BCUT2D eigenvalue weighted by molar-refractivity contribution is 0.389. The van der Waals surface area contributed by atoms with Gasteiger partial charge in [-0.1, -0.05) is 38.1 Å². The van der Waals surface area contributed by atoms with Gasteiger partial charge in [-0.15, -0.1) is 0 Å². The average Bonchev–Trinajstić information content (AvgIpc) is 2.86. The molecule has 1 aromatic rings. The molecule has 2 rings (SSSR count). The summed E-state index contributed by atoms with van der Waals surface area (Å²) < 4.78 is 0. The third-order valence-electron chi connectivity index (χ3n) is 3.85. The Bertz CT molecular complexity index is 348. The van der Waals surface area contributed by atoms with Crippen LogP contribution in [0, 0.1) is 6.92 Å². The molecule has 0 spiro atoms. The van der Waals surface area contributed by atoms with Gasteiger partial charge in [0.2, 0.25) is 0 Å². The van der Waals surface area contributed by atoms with Crippen LogP contribution in [-0.2, 0) is 5.41 Å². The van der Waals surface area contributed by atoms with Crippen LogP contribution in [0.1, 0.15) is 37.8 Å². The van der Waals surface area contributed by atoms with Gasteiger partial charge in [0.15, 0.2) is 0 Å². The third-order valence-corrected chi connectivity index (χ3v) is 3.85. The van der Waals surface area contributed by atoms with E-state index in [0.29, 0.717) is 0 Å². The SMILES string of the molecule is Cc1ccccc1C(C)(C)C1(N)CC1. The molecule has 0 bridgehead atoms. The Hall–Kier alpha value is -0.820. The van der Waals surface area contributed by atoms with Crippen molar-refractivity contribution < 1.29 is 0 Å². The molecule has 0 saturated heterocycles. The standard InChI is InChI=1S/C13H19N/c1-10-6-4-5-7-11(10)12(2,3)13(14)8-9-13/h4-7H,8-9,14H2,1-3H3. The predicted octanol–water partition coefficient (Wildman–Crippen LogP) is 2.76. The third kappa shape index (κ3) is 1.27. The molecule has 0 unspecified atom stereocenters. The van der Waals surface area contributed by atoms with Crippen LogP contribution in [0.3, 0.4) is 0 Å². The second-order valence-corrected chi connectivity index (χ2v) is 5.10. The van der Waals surface area contributed by atoms with Crippen LogP contribution in [-0.4, -0.2) is 5.54 Å². The maximum absolute atomic E-state index is 6.33. The molecule has 0 atom stereocenters. The zero-order valence-electron chi connectivity index (χ0n) is 9.30. The van der Waals surface area contributed by atoms with E-state index < -0.39 is 0 Å². The molecule has 1 saturated carbocycles. The fourth-order valence-corrected chi connectivity index (χ4v) is 2.30. The van der Waals surface area contributed by atoms with Crippen molar-refractivity contribution in [2.75, 3.05) is 0 Å². The van der Waals surface area contributed by atoms with Gasteiger partial charge in [-0.05, 0) is 30.9 Å². The Kier molecular flexibility index (Phi) is 1.97. The van der Waals surface area contributed by atoms with Crippen molar-refractivity contribution in [1.29, 1.82) is 0 Å².